The first-order chi connectivity index (χ1) is 4.33. The predicted octanol–water partition coefficient (Wildman–Crippen LogP) is -0.236. The molecule has 1 heterocycles. The number of hydrogen-bond acceptors (Lipinski definition) is 4. The molecule has 0 saturated carbocycles. The van der Waals surface area contributed by atoms with Gasteiger partial charge in [-0.25, -0.2) is 4.98 Å². The van der Waals surface area contributed by atoms with Crippen molar-refractivity contribution in [3.8, 4) is 6.01 Å². The minimum absolute atomic E-state index is 0.0324. The zero-order chi connectivity index (χ0) is 6.69. The summed E-state index contributed by atoms with van der Waals surface area (Å²) in [6, 6.07) is 1.48. The highest BCUT2D eigenvalue weighted by Crippen LogP contribution is 1.98. The molecule has 0 aliphatic carbocycles. The summed E-state index contributed by atoms with van der Waals surface area (Å²) in [5.74, 6) is 0.298. The van der Waals surface area contributed by atoms with Crippen molar-refractivity contribution in [1.29, 1.82) is 1.43 Å². The van der Waals surface area contributed by atoms with Gasteiger partial charge in [0.05, 0.1) is 0 Å². The first-order valence-electron chi connectivity index (χ1n) is 2.45. The van der Waals surface area contributed by atoms with E-state index < -0.39 is 0 Å². The van der Waals surface area contributed by atoms with E-state index in [0.29, 0.717) is 5.82 Å². The number of hydrogen-bond donors (Lipinski definition) is 2. The minimum Gasteiger partial charge on any atom is -0.479 e. The molecule has 0 amide bonds. The molecule has 0 radical (unpaired) electrons. The lowest BCUT2D eigenvalue weighted by molar-refractivity contribution is 0.431. The highest BCUT2D eigenvalue weighted by molar-refractivity contribution is 5.25. The van der Waals surface area contributed by atoms with E-state index in [1.54, 1.807) is 0 Å². The highest BCUT2D eigenvalue weighted by atomic mass is 16.3. The number of nitrogens with two attached hydrogens (primary N) is 1. The van der Waals surface area contributed by atoms with Gasteiger partial charge in [-0.3, -0.25) is 0 Å². The van der Waals surface area contributed by atoms with Crippen LogP contribution in [0, 0.1) is 0 Å². The molecule has 4 nitrogen and oxygen atoms in total. The first-order valence-corrected chi connectivity index (χ1v) is 2.04. The van der Waals surface area contributed by atoms with Gasteiger partial charge < -0.3 is 10.8 Å². The standard InChI is InChI=1S/C4H5N3O/c5-3-1-2-6-4(8)7-3/h1-2H,(H3,5,6,7,8)/i/hT. The van der Waals surface area contributed by atoms with E-state index in [1.807, 2.05) is 0 Å². The topological polar surface area (TPSA) is 72.0 Å². The smallest absolute Gasteiger partial charge is 0.315 e. The van der Waals surface area contributed by atoms with E-state index in [0.717, 1.165) is 0 Å². The molecule has 0 aliphatic heterocycles. The van der Waals surface area contributed by atoms with Gasteiger partial charge in [-0.05, 0) is 6.07 Å². The maximum absolute atomic E-state index is 6.36. The van der Waals surface area contributed by atoms with Gasteiger partial charge in [-0.1, -0.05) is 0 Å². The average molecular weight is 113 g/mol. The van der Waals surface area contributed by atoms with Crippen LogP contribution in [0.4, 0.5) is 5.82 Å². The molecule has 1 aromatic rings. The lowest BCUT2D eigenvalue weighted by Crippen LogP contribution is -1.89. The minimum atomic E-state index is -0.0324. The quantitative estimate of drug-likeness (QED) is 0.527. The monoisotopic (exact) mass is 113 g/mol. The van der Waals surface area contributed by atoms with Crippen LogP contribution >= 0.6 is 0 Å². The zero-order valence-corrected chi connectivity index (χ0v) is 4.03. The summed E-state index contributed by atoms with van der Waals surface area (Å²) in [6.45, 7) is 0. The van der Waals surface area contributed by atoms with Gasteiger partial charge in [0.2, 0.25) is 0 Å². The van der Waals surface area contributed by atoms with Crippen LogP contribution in [0.2, 0.25) is 0 Å². The Morgan fingerprint density at radius 3 is 3.25 bits per heavy atom. The van der Waals surface area contributed by atoms with Gasteiger partial charge >= 0.3 is 6.01 Å². The first kappa shape index (κ1) is 3.65. The van der Waals surface area contributed by atoms with Crippen LogP contribution < -0.4 is 5.73 Å². The largest absolute Gasteiger partial charge is 0.479 e. The second-order valence-corrected chi connectivity index (χ2v) is 1.26. The molecule has 0 unspecified atom stereocenters. The molecule has 3 N–H and O–H groups in total. The summed E-state index contributed by atoms with van der Waals surface area (Å²) < 4.78 is 6.36. The van der Waals surface area contributed by atoms with Gasteiger partial charge in [-0.2, -0.15) is 4.98 Å². The fourth-order valence-electron chi connectivity index (χ4n) is 0.354. The Labute approximate surface area is 47.5 Å². The molecule has 4 heteroatoms. The van der Waals surface area contributed by atoms with Gasteiger partial charge in [0, 0.05) is 6.20 Å². The van der Waals surface area contributed by atoms with Crippen molar-refractivity contribution in [3.05, 3.63) is 12.3 Å². The molecule has 8 heavy (non-hydrogen) atoms. The van der Waals surface area contributed by atoms with E-state index in [4.69, 9.17) is 7.16 Å². The molecule has 0 spiro atoms. The van der Waals surface area contributed by atoms with Crippen LogP contribution in [0.25, 0.3) is 0 Å². The SMILES string of the molecule is [3H]Oc1nccc(N)n1. The molecule has 1 rings (SSSR count). The fourth-order valence-corrected chi connectivity index (χ4v) is 0.354. The maximum Gasteiger partial charge on any atom is 0.315 e. The number of nitrogens with zero attached hydrogens (tertiary/aromatic N) is 2. The summed E-state index contributed by atoms with van der Waals surface area (Å²) in [6.07, 6.45) is 1.42. The Hall–Kier alpha value is -1.32. The van der Waals surface area contributed by atoms with Crippen LogP contribution in [0.1, 0.15) is 0 Å². The second-order valence-electron chi connectivity index (χ2n) is 1.26. The molecule has 0 bridgehead atoms. The van der Waals surface area contributed by atoms with Crippen molar-refractivity contribution < 1.29 is 5.11 Å². The Morgan fingerprint density at radius 1 is 1.88 bits per heavy atom. The zero-order valence-electron chi connectivity index (χ0n) is 5.03. The Morgan fingerprint density at radius 2 is 2.75 bits per heavy atom. The van der Waals surface area contributed by atoms with Crippen molar-refractivity contribution >= 4 is 5.82 Å². The van der Waals surface area contributed by atoms with E-state index in [9.17, 15) is 0 Å². The lowest BCUT2D eigenvalue weighted by atomic mass is 10.6. The predicted molar refractivity (Wildman–Crippen MR) is 28.1 cm³/mol. The molecule has 42 valence electrons. The average Bonchev–Trinajstić information content (AvgIpc) is 1.88. The van der Waals surface area contributed by atoms with Crippen molar-refractivity contribution in [1.82, 2.24) is 9.97 Å². The number of nitrogen functional groups attached to an aromatic ring is 1. The van der Waals surface area contributed by atoms with E-state index >= 15 is 0 Å². The summed E-state index contributed by atoms with van der Waals surface area (Å²) in [4.78, 5) is 7.11. The second kappa shape index (κ2) is 1.65. The van der Waals surface area contributed by atoms with Crippen LogP contribution in [-0.4, -0.2) is 16.5 Å². The highest BCUT2D eigenvalue weighted by Gasteiger charge is 1.86. The molecule has 0 saturated heterocycles. The third-order valence-corrected chi connectivity index (χ3v) is 0.655. The normalized spacial score (nSPS) is 10.2. The van der Waals surface area contributed by atoms with E-state index in [1.165, 1.54) is 12.3 Å². The third kappa shape index (κ3) is 0.841. The van der Waals surface area contributed by atoms with Crippen molar-refractivity contribution in [2.75, 3.05) is 5.73 Å². The van der Waals surface area contributed by atoms with Crippen LogP contribution in [0.3, 0.4) is 0 Å². The molecular weight excluding hydrogens is 106 g/mol. The number of rotatable bonds is 1. The molecule has 0 aliphatic rings. The number of anilines is 1. The van der Waals surface area contributed by atoms with Crippen LogP contribution in [0.5, 0.6) is 6.01 Å². The molecule has 1 aromatic heterocycles. The Balaban J connectivity index is 2.94. The van der Waals surface area contributed by atoms with Gasteiger partial charge in [-0.15, -0.1) is 0 Å². The maximum atomic E-state index is 6.36. The lowest BCUT2D eigenvalue weighted by Gasteiger charge is -1.88. The Bertz CT molecular complexity index is 205. The van der Waals surface area contributed by atoms with Crippen molar-refractivity contribution in [2.45, 2.75) is 0 Å². The van der Waals surface area contributed by atoms with Crippen LogP contribution in [-0.2, 0) is 0 Å². The van der Waals surface area contributed by atoms with E-state index in [-0.39, 0.29) is 6.01 Å². The summed E-state index contributed by atoms with van der Waals surface area (Å²) in [5, 5.41) is 3.94. The Kier molecular flexibility index (Phi) is 0.754. The van der Waals surface area contributed by atoms with Crippen LogP contribution in [0.15, 0.2) is 12.3 Å². The van der Waals surface area contributed by atoms with Gasteiger partial charge in [0.25, 0.3) is 1.43 Å². The third-order valence-electron chi connectivity index (χ3n) is 0.655. The van der Waals surface area contributed by atoms with E-state index in [2.05, 4.69) is 15.1 Å². The molecular formula is C4H5N3O. The number of aromatic hydroxyl groups is 1. The summed E-state index contributed by atoms with van der Waals surface area (Å²) in [5.41, 5.74) is 5.22. The summed E-state index contributed by atoms with van der Waals surface area (Å²) in [7, 11) is 0. The fraction of sp³-hybridized carbons (Fsp3) is 0. The van der Waals surface area contributed by atoms with Crippen molar-refractivity contribution in [3.63, 3.8) is 0 Å². The van der Waals surface area contributed by atoms with Gasteiger partial charge in [0.1, 0.15) is 5.82 Å². The van der Waals surface area contributed by atoms with Crippen molar-refractivity contribution in [2.24, 2.45) is 0 Å². The molecule has 0 aromatic carbocycles. The molecule has 0 atom stereocenters. The van der Waals surface area contributed by atoms with Gasteiger partial charge in [0.15, 0.2) is 0 Å². The number of aromatic nitrogens is 2. The molecule has 0 fully saturated rings. The summed E-state index contributed by atoms with van der Waals surface area (Å²) >= 11 is 0.